The second-order valence-corrected chi connectivity index (χ2v) is 2.54. The summed E-state index contributed by atoms with van der Waals surface area (Å²) >= 11 is 0. The van der Waals surface area contributed by atoms with Gasteiger partial charge >= 0.3 is 6.01 Å². The molecule has 0 amide bonds. The minimum Gasteiger partial charge on any atom is -0.247 e. The summed E-state index contributed by atoms with van der Waals surface area (Å²) in [4.78, 5) is 4.12. The average molecular weight is 156 g/mol. The number of hydrazone groups is 1. The Kier molecular flexibility index (Phi) is 5.49. The van der Waals surface area contributed by atoms with Gasteiger partial charge in [-0.1, -0.05) is 6.92 Å². The molecule has 3 nitrogen and oxygen atoms in total. The molecule has 0 saturated carbocycles. The number of aliphatic imine (C=N–C) groups is 1. The lowest BCUT2D eigenvalue weighted by Crippen LogP contribution is -2.26. The molecule has 0 aromatic rings. The molecule has 0 bridgehead atoms. The molecular weight excluding hydrogens is 138 g/mol. The molecule has 64 valence electrons. The van der Waals surface area contributed by atoms with Crippen LogP contribution in [-0.4, -0.2) is 42.9 Å². The molecule has 0 aromatic carbocycles. The van der Waals surface area contributed by atoms with Crippen molar-refractivity contribution in [3.8, 4) is 0 Å². The predicted octanol–water partition coefficient (Wildman–Crippen LogP) is 1.08. The molecule has 0 spiro atoms. The molecule has 0 aliphatic carbocycles. The fourth-order valence-electron chi connectivity index (χ4n) is 0.686. The molecule has 0 saturated heterocycles. The summed E-state index contributed by atoms with van der Waals surface area (Å²) in [5, 5.41) is 1.97. The molecule has 3 heteroatoms. The van der Waals surface area contributed by atoms with Gasteiger partial charge in [0.2, 0.25) is 0 Å². The van der Waals surface area contributed by atoms with E-state index in [1.165, 1.54) is 0 Å². The summed E-state index contributed by atoms with van der Waals surface area (Å²) in [7, 11) is 3.97. The highest BCUT2D eigenvalue weighted by atomic mass is 15.5. The minimum atomic E-state index is 0.865. The molecule has 0 N–H and O–H groups in total. The Balaban J connectivity index is 4.10. The van der Waals surface area contributed by atoms with E-state index in [1.54, 1.807) is 0 Å². The first kappa shape index (κ1) is 10.2. The van der Waals surface area contributed by atoms with E-state index < -0.39 is 0 Å². The number of hydrogen-bond acceptors (Lipinski definition) is 2. The van der Waals surface area contributed by atoms with Crippen LogP contribution in [0, 0.1) is 0 Å². The Bertz CT molecular complexity index is 155. The largest absolute Gasteiger partial charge is 0.332 e. The maximum atomic E-state index is 4.12. The second-order valence-electron chi connectivity index (χ2n) is 2.54. The SMILES string of the molecule is CCCN=C=[N+](CC)N(C)C. The van der Waals surface area contributed by atoms with Crippen LogP contribution in [0.4, 0.5) is 0 Å². The minimum absolute atomic E-state index is 0.865. The van der Waals surface area contributed by atoms with Gasteiger partial charge in [0.25, 0.3) is 0 Å². The van der Waals surface area contributed by atoms with Gasteiger partial charge in [-0.05, 0) is 18.3 Å². The maximum Gasteiger partial charge on any atom is 0.332 e. The van der Waals surface area contributed by atoms with Crippen molar-refractivity contribution in [2.75, 3.05) is 27.2 Å². The van der Waals surface area contributed by atoms with E-state index in [1.807, 2.05) is 23.8 Å². The van der Waals surface area contributed by atoms with E-state index in [0.29, 0.717) is 0 Å². The standard InChI is InChI=1S/C8H18N3/c1-5-7-9-8-11(6-2)10(3)4/h5-7H2,1-4H3/q+1. The van der Waals surface area contributed by atoms with Gasteiger partial charge in [-0.15, -0.1) is 4.68 Å². The number of rotatable bonds is 4. The van der Waals surface area contributed by atoms with Gasteiger partial charge < -0.3 is 0 Å². The van der Waals surface area contributed by atoms with Crippen LogP contribution in [0.2, 0.25) is 0 Å². The van der Waals surface area contributed by atoms with Gasteiger partial charge in [0.1, 0.15) is 13.1 Å². The monoisotopic (exact) mass is 156 g/mol. The van der Waals surface area contributed by atoms with E-state index in [2.05, 4.69) is 24.8 Å². The molecule has 0 aromatic heterocycles. The lowest BCUT2D eigenvalue weighted by molar-refractivity contribution is -0.671. The van der Waals surface area contributed by atoms with Crippen LogP contribution in [0.3, 0.4) is 0 Å². The van der Waals surface area contributed by atoms with Crippen molar-refractivity contribution < 1.29 is 4.68 Å². The number of hydrazine groups is 1. The van der Waals surface area contributed by atoms with Crippen molar-refractivity contribution in [2.24, 2.45) is 4.99 Å². The first-order valence-electron chi connectivity index (χ1n) is 4.09. The highest BCUT2D eigenvalue weighted by Gasteiger charge is 1.95. The van der Waals surface area contributed by atoms with Gasteiger partial charge in [-0.25, -0.2) is 5.01 Å². The normalized spacial score (nSPS) is 8.73. The van der Waals surface area contributed by atoms with E-state index in [4.69, 9.17) is 0 Å². The van der Waals surface area contributed by atoms with Gasteiger partial charge in [0, 0.05) is 14.1 Å². The molecule has 0 aliphatic heterocycles. The summed E-state index contributed by atoms with van der Waals surface area (Å²) in [5.41, 5.74) is 0. The van der Waals surface area contributed by atoms with Gasteiger partial charge in [-0.3, -0.25) is 0 Å². The summed E-state index contributed by atoms with van der Waals surface area (Å²) in [6.45, 7) is 5.97. The van der Waals surface area contributed by atoms with Gasteiger partial charge in [-0.2, -0.15) is 0 Å². The molecule has 0 fully saturated rings. The van der Waals surface area contributed by atoms with Crippen LogP contribution < -0.4 is 0 Å². The Hall–Kier alpha value is -0.820. The van der Waals surface area contributed by atoms with Crippen LogP contribution in [0.1, 0.15) is 20.3 Å². The second kappa shape index (κ2) is 5.93. The maximum absolute atomic E-state index is 4.12. The Labute approximate surface area is 69.0 Å². The lowest BCUT2D eigenvalue weighted by atomic mass is 10.5. The molecule has 0 heterocycles. The first-order chi connectivity index (χ1) is 5.22. The lowest BCUT2D eigenvalue weighted by Gasteiger charge is -2.08. The zero-order chi connectivity index (χ0) is 8.69. The summed E-state index contributed by atoms with van der Waals surface area (Å²) in [6.07, 6.45) is 1.08. The predicted molar refractivity (Wildman–Crippen MR) is 47.1 cm³/mol. The summed E-state index contributed by atoms with van der Waals surface area (Å²) in [5.74, 6) is 0. The van der Waals surface area contributed by atoms with E-state index >= 15 is 0 Å². The molecule has 0 aliphatic rings. The van der Waals surface area contributed by atoms with Crippen molar-refractivity contribution in [3.63, 3.8) is 0 Å². The summed E-state index contributed by atoms with van der Waals surface area (Å²) < 4.78 is 1.94. The third-order valence-electron chi connectivity index (χ3n) is 1.30. The van der Waals surface area contributed by atoms with E-state index in [-0.39, 0.29) is 0 Å². The summed E-state index contributed by atoms with van der Waals surface area (Å²) in [6, 6.07) is 2.95. The van der Waals surface area contributed by atoms with Crippen molar-refractivity contribution in [2.45, 2.75) is 20.3 Å². The zero-order valence-corrected chi connectivity index (χ0v) is 7.96. The Morgan fingerprint density at radius 2 is 2.00 bits per heavy atom. The van der Waals surface area contributed by atoms with Crippen molar-refractivity contribution >= 4 is 6.01 Å². The van der Waals surface area contributed by atoms with Crippen molar-refractivity contribution in [1.82, 2.24) is 5.01 Å². The number of nitrogens with zero attached hydrogens (tertiary/aromatic N) is 3. The molecule has 0 unspecified atom stereocenters. The van der Waals surface area contributed by atoms with E-state index in [9.17, 15) is 0 Å². The molecule has 0 radical (unpaired) electrons. The molecular formula is C8H18N3+. The topological polar surface area (TPSA) is 18.6 Å². The van der Waals surface area contributed by atoms with Crippen molar-refractivity contribution in [1.29, 1.82) is 0 Å². The highest BCUT2D eigenvalue weighted by molar-refractivity contribution is 5.33. The fourth-order valence-corrected chi connectivity index (χ4v) is 0.686. The quantitative estimate of drug-likeness (QED) is 0.338. The third-order valence-corrected chi connectivity index (χ3v) is 1.30. The number of hydrogen-bond donors (Lipinski definition) is 0. The third kappa shape index (κ3) is 4.57. The van der Waals surface area contributed by atoms with Crippen LogP contribution in [-0.2, 0) is 0 Å². The highest BCUT2D eigenvalue weighted by Crippen LogP contribution is 1.77. The molecule has 0 rings (SSSR count). The van der Waals surface area contributed by atoms with Crippen LogP contribution in [0.25, 0.3) is 0 Å². The fraction of sp³-hybridized carbons (Fsp3) is 0.875. The smallest absolute Gasteiger partial charge is 0.247 e. The molecule has 0 atom stereocenters. The van der Waals surface area contributed by atoms with Crippen LogP contribution in [0.15, 0.2) is 4.99 Å². The van der Waals surface area contributed by atoms with Crippen LogP contribution >= 0.6 is 0 Å². The van der Waals surface area contributed by atoms with Gasteiger partial charge in [0.15, 0.2) is 0 Å². The van der Waals surface area contributed by atoms with Gasteiger partial charge in [0.05, 0.1) is 0 Å². The van der Waals surface area contributed by atoms with E-state index in [0.717, 1.165) is 19.5 Å². The van der Waals surface area contributed by atoms with Crippen LogP contribution in [0.5, 0.6) is 0 Å². The average Bonchev–Trinajstić information content (AvgIpc) is 1.97. The van der Waals surface area contributed by atoms with Crippen molar-refractivity contribution in [3.05, 3.63) is 0 Å². The molecule has 11 heavy (non-hydrogen) atoms. The Morgan fingerprint density at radius 3 is 2.36 bits per heavy atom. The first-order valence-corrected chi connectivity index (χ1v) is 4.09. The zero-order valence-electron chi connectivity index (χ0n) is 7.96. The Morgan fingerprint density at radius 1 is 1.36 bits per heavy atom.